The Morgan fingerprint density at radius 3 is 2.60 bits per heavy atom. The van der Waals surface area contributed by atoms with Crippen molar-refractivity contribution < 1.29 is 8.42 Å². The van der Waals surface area contributed by atoms with Gasteiger partial charge in [-0.15, -0.1) is 0 Å². The van der Waals surface area contributed by atoms with E-state index in [1.165, 1.54) is 18.2 Å². The third kappa shape index (κ3) is 3.35. The first-order valence-corrected chi connectivity index (χ1v) is 7.34. The zero-order valence-corrected chi connectivity index (χ0v) is 11.4. The molecule has 0 saturated heterocycles. The Hall–Kier alpha value is -2.36. The second-order valence-corrected chi connectivity index (χ2v) is 5.98. The van der Waals surface area contributed by atoms with Gasteiger partial charge in [-0.3, -0.25) is 0 Å². The number of anilines is 1. The van der Waals surface area contributed by atoms with E-state index in [0.29, 0.717) is 11.3 Å². The average Bonchev–Trinajstić information content (AvgIpc) is 2.45. The molecular formula is C14H13N3O2S. The molecule has 0 aliphatic rings. The summed E-state index contributed by atoms with van der Waals surface area (Å²) >= 11 is 0. The van der Waals surface area contributed by atoms with Gasteiger partial charge in [0, 0.05) is 12.2 Å². The van der Waals surface area contributed by atoms with Crippen LogP contribution in [0, 0.1) is 11.3 Å². The molecule has 0 atom stereocenters. The van der Waals surface area contributed by atoms with E-state index < -0.39 is 10.0 Å². The number of rotatable bonds is 4. The van der Waals surface area contributed by atoms with Gasteiger partial charge in [0.1, 0.15) is 0 Å². The molecule has 0 saturated carbocycles. The molecule has 6 heteroatoms. The quantitative estimate of drug-likeness (QED) is 0.835. The van der Waals surface area contributed by atoms with Crippen LogP contribution in [0.3, 0.4) is 0 Å². The highest BCUT2D eigenvalue weighted by molar-refractivity contribution is 7.89. The lowest BCUT2D eigenvalue weighted by molar-refractivity contribution is 0.581. The lowest BCUT2D eigenvalue weighted by Crippen LogP contribution is -2.23. The third-order valence-electron chi connectivity index (χ3n) is 2.69. The Morgan fingerprint density at radius 2 is 1.90 bits per heavy atom. The number of nitrogens with one attached hydrogen (secondary N) is 1. The topological polar surface area (TPSA) is 96.0 Å². The Kier molecular flexibility index (Phi) is 4.03. The number of benzene rings is 2. The fraction of sp³-hybridized carbons (Fsp3) is 0.0714. The molecule has 0 fully saturated rings. The van der Waals surface area contributed by atoms with Crippen LogP contribution in [0.4, 0.5) is 5.69 Å². The van der Waals surface area contributed by atoms with Crippen LogP contribution in [0.2, 0.25) is 0 Å². The molecular weight excluding hydrogens is 274 g/mol. The highest BCUT2D eigenvalue weighted by Crippen LogP contribution is 2.12. The molecule has 5 nitrogen and oxygen atoms in total. The molecule has 0 aromatic heterocycles. The van der Waals surface area contributed by atoms with Crippen LogP contribution >= 0.6 is 0 Å². The summed E-state index contributed by atoms with van der Waals surface area (Å²) in [6, 6.07) is 14.8. The maximum absolute atomic E-state index is 12.1. The summed E-state index contributed by atoms with van der Waals surface area (Å²) in [7, 11) is -3.65. The standard InChI is InChI=1S/C14H13N3O2S/c15-9-11-3-2-6-14(8-11)20(18,19)17-10-12-4-1-5-13(16)7-12/h1-8,17H,10,16H2. The van der Waals surface area contributed by atoms with Crippen LogP contribution in [-0.4, -0.2) is 8.42 Å². The third-order valence-corrected chi connectivity index (χ3v) is 4.09. The summed E-state index contributed by atoms with van der Waals surface area (Å²) in [5.41, 5.74) is 7.28. The molecule has 0 unspecified atom stereocenters. The summed E-state index contributed by atoms with van der Waals surface area (Å²) < 4.78 is 26.7. The van der Waals surface area contributed by atoms with Crippen molar-refractivity contribution in [2.75, 3.05) is 5.73 Å². The van der Waals surface area contributed by atoms with Gasteiger partial charge in [-0.2, -0.15) is 5.26 Å². The van der Waals surface area contributed by atoms with E-state index in [9.17, 15) is 8.42 Å². The molecule has 102 valence electrons. The maximum atomic E-state index is 12.1. The van der Waals surface area contributed by atoms with Crippen LogP contribution in [0.25, 0.3) is 0 Å². The molecule has 0 aliphatic heterocycles. The van der Waals surface area contributed by atoms with E-state index in [4.69, 9.17) is 11.0 Å². The van der Waals surface area contributed by atoms with Crippen molar-refractivity contribution in [2.45, 2.75) is 11.4 Å². The van der Waals surface area contributed by atoms with Gasteiger partial charge in [0.15, 0.2) is 0 Å². The first-order chi connectivity index (χ1) is 9.51. The van der Waals surface area contributed by atoms with Crippen LogP contribution in [0.1, 0.15) is 11.1 Å². The van der Waals surface area contributed by atoms with Gasteiger partial charge >= 0.3 is 0 Å². The number of nitrogen functional groups attached to an aromatic ring is 1. The Balaban J connectivity index is 2.17. The molecule has 20 heavy (non-hydrogen) atoms. The van der Waals surface area contributed by atoms with Gasteiger partial charge in [-0.05, 0) is 35.9 Å². The second-order valence-electron chi connectivity index (χ2n) is 4.21. The minimum atomic E-state index is -3.65. The smallest absolute Gasteiger partial charge is 0.240 e. The van der Waals surface area contributed by atoms with E-state index in [1.807, 2.05) is 6.07 Å². The van der Waals surface area contributed by atoms with Gasteiger partial charge in [-0.25, -0.2) is 13.1 Å². The van der Waals surface area contributed by atoms with Crippen molar-refractivity contribution in [3.63, 3.8) is 0 Å². The van der Waals surface area contributed by atoms with E-state index in [1.54, 1.807) is 30.3 Å². The summed E-state index contributed by atoms with van der Waals surface area (Å²) in [4.78, 5) is 0.0699. The van der Waals surface area contributed by atoms with Crippen molar-refractivity contribution in [3.05, 3.63) is 59.7 Å². The normalized spacial score (nSPS) is 10.9. The zero-order chi connectivity index (χ0) is 14.6. The Bertz CT molecular complexity index is 764. The van der Waals surface area contributed by atoms with Crippen LogP contribution in [0.5, 0.6) is 0 Å². The van der Waals surface area contributed by atoms with Gasteiger partial charge in [0.2, 0.25) is 10.0 Å². The molecule has 0 bridgehead atoms. The van der Waals surface area contributed by atoms with E-state index in [0.717, 1.165) is 5.56 Å². The number of nitriles is 1. The number of hydrogen-bond acceptors (Lipinski definition) is 4. The average molecular weight is 287 g/mol. The monoisotopic (exact) mass is 287 g/mol. The lowest BCUT2D eigenvalue weighted by atomic mass is 10.2. The zero-order valence-electron chi connectivity index (χ0n) is 10.6. The summed E-state index contributed by atoms with van der Waals surface area (Å²) in [6.07, 6.45) is 0. The molecule has 2 aromatic rings. The number of nitrogens with zero attached hydrogens (tertiary/aromatic N) is 1. The van der Waals surface area contributed by atoms with Crippen LogP contribution in [0.15, 0.2) is 53.4 Å². The minimum absolute atomic E-state index is 0.0699. The largest absolute Gasteiger partial charge is 0.399 e. The first kappa shape index (κ1) is 14.1. The predicted molar refractivity (Wildman–Crippen MR) is 76.0 cm³/mol. The molecule has 3 N–H and O–H groups in total. The number of hydrogen-bond donors (Lipinski definition) is 2. The Labute approximate surface area is 117 Å². The molecule has 0 spiro atoms. The predicted octanol–water partition coefficient (Wildman–Crippen LogP) is 1.62. The van der Waals surface area contributed by atoms with Crippen molar-refractivity contribution in [1.82, 2.24) is 4.72 Å². The second kappa shape index (κ2) is 5.74. The fourth-order valence-corrected chi connectivity index (χ4v) is 2.76. The molecule has 2 rings (SSSR count). The molecule has 0 amide bonds. The van der Waals surface area contributed by atoms with Crippen molar-refractivity contribution >= 4 is 15.7 Å². The number of sulfonamides is 1. The highest BCUT2D eigenvalue weighted by Gasteiger charge is 2.14. The summed E-state index contributed by atoms with van der Waals surface area (Å²) in [6.45, 7) is 0.143. The number of nitrogens with two attached hydrogens (primary N) is 1. The van der Waals surface area contributed by atoms with Gasteiger partial charge < -0.3 is 5.73 Å². The van der Waals surface area contributed by atoms with Crippen molar-refractivity contribution in [2.24, 2.45) is 0 Å². The van der Waals surface area contributed by atoms with Crippen molar-refractivity contribution in [3.8, 4) is 6.07 Å². The summed E-state index contributed by atoms with van der Waals surface area (Å²) in [5, 5.41) is 8.79. The summed E-state index contributed by atoms with van der Waals surface area (Å²) in [5.74, 6) is 0. The molecule has 0 aliphatic carbocycles. The maximum Gasteiger partial charge on any atom is 0.240 e. The fourth-order valence-electron chi connectivity index (χ4n) is 1.70. The van der Waals surface area contributed by atoms with Gasteiger partial charge in [0.25, 0.3) is 0 Å². The van der Waals surface area contributed by atoms with Crippen molar-refractivity contribution in [1.29, 1.82) is 5.26 Å². The molecule has 2 aromatic carbocycles. The SMILES string of the molecule is N#Cc1cccc(S(=O)(=O)NCc2cccc(N)c2)c1. The van der Waals surface area contributed by atoms with E-state index in [-0.39, 0.29) is 11.4 Å². The highest BCUT2D eigenvalue weighted by atomic mass is 32.2. The van der Waals surface area contributed by atoms with Crippen LogP contribution < -0.4 is 10.5 Å². The van der Waals surface area contributed by atoms with Crippen LogP contribution in [-0.2, 0) is 16.6 Å². The van der Waals surface area contributed by atoms with Gasteiger partial charge in [-0.1, -0.05) is 18.2 Å². The molecule has 0 heterocycles. The van der Waals surface area contributed by atoms with Gasteiger partial charge in [0.05, 0.1) is 16.5 Å². The minimum Gasteiger partial charge on any atom is -0.399 e. The lowest BCUT2D eigenvalue weighted by Gasteiger charge is -2.07. The molecule has 0 radical (unpaired) electrons. The first-order valence-electron chi connectivity index (χ1n) is 5.85. The van der Waals surface area contributed by atoms with E-state index >= 15 is 0 Å². The Morgan fingerprint density at radius 1 is 1.15 bits per heavy atom. The van der Waals surface area contributed by atoms with E-state index in [2.05, 4.69) is 4.72 Å².